The summed E-state index contributed by atoms with van der Waals surface area (Å²) in [5, 5.41) is 17.5. The van der Waals surface area contributed by atoms with Crippen LogP contribution in [0.2, 0.25) is 0 Å². The van der Waals surface area contributed by atoms with E-state index in [2.05, 4.69) is 26.6 Å². The van der Waals surface area contributed by atoms with E-state index in [9.17, 15) is 10.1 Å². The van der Waals surface area contributed by atoms with Crippen molar-refractivity contribution in [3.63, 3.8) is 0 Å². The quantitative estimate of drug-likeness (QED) is 0.411. The lowest BCUT2D eigenvalue weighted by Crippen LogP contribution is -2.50. The van der Waals surface area contributed by atoms with Crippen LogP contribution in [0.3, 0.4) is 0 Å². The average Bonchev–Trinajstić information content (AvgIpc) is 3.79. The molecular weight excluding hydrogens is 516 g/mol. The molecule has 2 aromatic heterocycles. The van der Waals surface area contributed by atoms with Gasteiger partial charge in [0.05, 0.1) is 24.2 Å². The predicted octanol–water partition coefficient (Wildman–Crippen LogP) is 4.35. The van der Waals surface area contributed by atoms with E-state index < -0.39 is 0 Å². The van der Waals surface area contributed by atoms with Gasteiger partial charge in [-0.25, -0.2) is 0 Å². The number of carbonyl (C=O) groups excluding carboxylic acids is 1. The van der Waals surface area contributed by atoms with Gasteiger partial charge >= 0.3 is 0 Å². The first-order chi connectivity index (χ1) is 20.2. The van der Waals surface area contributed by atoms with Crippen LogP contribution in [0.15, 0.2) is 18.3 Å². The van der Waals surface area contributed by atoms with Crippen molar-refractivity contribution < 1.29 is 9.53 Å². The maximum Gasteiger partial charge on any atom is 0.254 e. The number of aromatic amines is 1. The van der Waals surface area contributed by atoms with Crippen LogP contribution in [0.4, 0.5) is 17.5 Å². The fraction of sp³-hybridized carbons (Fsp3) is 0.548. The molecule has 41 heavy (non-hydrogen) atoms. The zero-order valence-corrected chi connectivity index (χ0v) is 23.5. The van der Waals surface area contributed by atoms with E-state index in [0.29, 0.717) is 35.1 Å². The monoisotopic (exact) mass is 554 g/mol. The molecule has 3 fully saturated rings. The number of nitrogens with one attached hydrogen (secondary N) is 3. The topological polar surface area (TPSA) is 122 Å². The summed E-state index contributed by atoms with van der Waals surface area (Å²) in [5.41, 5.74) is 5.34. The van der Waals surface area contributed by atoms with E-state index in [1.807, 2.05) is 17.0 Å². The van der Waals surface area contributed by atoms with Gasteiger partial charge < -0.3 is 25.3 Å². The number of nitrogens with zero attached hydrogens (tertiary/aromatic N) is 5. The molecule has 2 aliphatic heterocycles. The minimum Gasteiger partial charge on any atom is -0.379 e. The highest BCUT2D eigenvalue weighted by Crippen LogP contribution is 2.35. The molecule has 3 N–H and O–H groups in total. The average molecular weight is 555 g/mol. The van der Waals surface area contributed by atoms with Gasteiger partial charge in [-0.15, -0.1) is 0 Å². The number of amides is 1. The number of carbonyl (C=O) groups is 1. The number of aromatic nitrogens is 3. The SMILES string of the molecule is N#Cc1c[nH]c2nc(Nc3ccc(C(=O)N4CCC(N5CCOCC5)CC4)c4c3CCC4)nc(NC3CCCC3)c12. The van der Waals surface area contributed by atoms with Crippen molar-refractivity contribution in [1.29, 1.82) is 5.26 Å². The standard InChI is InChI=1S/C31H38N8O2/c32-18-20-19-33-28-27(20)29(34-21-4-1-2-5-21)37-31(36-28)35-26-9-8-25(23-6-3-7-24(23)26)30(40)39-12-10-22(11-13-39)38-14-16-41-17-15-38/h8-9,19,21-22H,1-7,10-17H2,(H3,33,34,35,36,37). The molecule has 0 spiro atoms. The molecule has 0 bridgehead atoms. The molecule has 0 radical (unpaired) electrons. The molecule has 7 rings (SSSR count). The number of H-pyrrole nitrogens is 1. The highest BCUT2D eigenvalue weighted by atomic mass is 16.5. The van der Waals surface area contributed by atoms with Crippen molar-refractivity contribution in [3.8, 4) is 6.07 Å². The molecule has 10 nitrogen and oxygen atoms in total. The summed E-state index contributed by atoms with van der Waals surface area (Å²) in [6.07, 6.45) is 11.2. The summed E-state index contributed by atoms with van der Waals surface area (Å²) in [5.74, 6) is 1.35. The first-order valence-corrected chi connectivity index (χ1v) is 15.3. The summed E-state index contributed by atoms with van der Waals surface area (Å²) >= 11 is 0. The van der Waals surface area contributed by atoms with Crippen molar-refractivity contribution in [2.75, 3.05) is 50.0 Å². The van der Waals surface area contributed by atoms with Crippen LogP contribution in [0.1, 0.15) is 72.0 Å². The van der Waals surface area contributed by atoms with Crippen LogP contribution in [-0.4, -0.2) is 82.1 Å². The molecule has 0 unspecified atom stereocenters. The van der Waals surface area contributed by atoms with Gasteiger partial charge in [0, 0.05) is 55.7 Å². The summed E-state index contributed by atoms with van der Waals surface area (Å²) in [4.78, 5) is 31.0. The number of hydrogen-bond donors (Lipinski definition) is 3. The zero-order chi connectivity index (χ0) is 27.8. The minimum absolute atomic E-state index is 0.159. The van der Waals surface area contributed by atoms with E-state index in [1.165, 1.54) is 18.4 Å². The maximum absolute atomic E-state index is 13.7. The Kier molecular flexibility index (Phi) is 7.23. The van der Waals surface area contributed by atoms with Gasteiger partial charge in [-0.3, -0.25) is 9.69 Å². The van der Waals surface area contributed by atoms with Gasteiger partial charge in [0.25, 0.3) is 5.91 Å². The number of hydrogen-bond acceptors (Lipinski definition) is 8. The van der Waals surface area contributed by atoms with Crippen molar-refractivity contribution >= 4 is 34.4 Å². The first kappa shape index (κ1) is 26.2. The molecular formula is C31H38N8O2. The van der Waals surface area contributed by atoms with E-state index >= 15 is 0 Å². The molecule has 3 aromatic rings. The summed E-state index contributed by atoms with van der Waals surface area (Å²) in [6, 6.07) is 7.18. The third-order valence-electron chi connectivity index (χ3n) is 9.42. The van der Waals surface area contributed by atoms with Crippen LogP contribution in [0, 0.1) is 11.3 Å². The maximum atomic E-state index is 13.7. The van der Waals surface area contributed by atoms with Gasteiger partial charge in [0.2, 0.25) is 5.95 Å². The lowest BCUT2D eigenvalue weighted by molar-refractivity contribution is 0.00158. The van der Waals surface area contributed by atoms with E-state index in [-0.39, 0.29) is 5.91 Å². The third kappa shape index (κ3) is 5.13. The Balaban J connectivity index is 1.11. The Morgan fingerprint density at radius 3 is 2.56 bits per heavy atom. The number of anilines is 3. The molecule has 1 amide bonds. The lowest BCUT2D eigenvalue weighted by atomic mass is 9.98. The number of piperidine rings is 1. The highest BCUT2D eigenvalue weighted by molar-refractivity contribution is 5.97. The van der Waals surface area contributed by atoms with Crippen molar-refractivity contribution in [3.05, 3.63) is 40.6 Å². The van der Waals surface area contributed by atoms with Crippen molar-refractivity contribution in [1.82, 2.24) is 24.8 Å². The van der Waals surface area contributed by atoms with Crippen LogP contribution in [-0.2, 0) is 17.6 Å². The van der Waals surface area contributed by atoms with Crippen molar-refractivity contribution in [2.24, 2.45) is 0 Å². The number of benzene rings is 1. The Morgan fingerprint density at radius 1 is 1.00 bits per heavy atom. The number of morpholine rings is 1. The first-order valence-electron chi connectivity index (χ1n) is 15.3. The second-order valence-electron chi connectivity index (χ2n) is 11.8. The van der Waals surface area contributed by atoms with E-state index in [0.717, 1.165) is 107 Å². The van der Waals surface area contributed by atoms with E-state index in [1.54, 1.807) is 6.20 Å². The number of nitriles is 1. The van der Waals surface area contributed by atoms with Crippen LogP contribution in [0.5, 0.6) is 0 Å². The second-order valence-corrected chi connectivity index (χ2v) is 11.8. The Bertz CT molecular complexity index is 1470. The van der Waals surface area contributed by atoms with Crippen LogP contribution >= 0.6 is 0 Å². The number of ether oxygens (including phenoxy) is 1. The molecule has 4 heterocycles. The van der Waals surface area contributed by atoms with Gasteiger partial charge in [-0.1, -0.05) is 12.8 Å². The molecule has 4 aliphatic rings. The third-order valence-corrected chi connectivity index (χ3v) is 9.42. The molecule has 2 saturated heterocycles. The fourth-order valence-corrected chi connectivity index (χ4v) is 7.24. The largest absolute Gasteiger partial charge is 0.379 e. The van der Waals surface area contributed by atoms with Gasteiger partial charge in [-0.05, 0) is 68.2 Å². The van der Waals surface area contributed by atoms with Gasteiger partial charge in [0.15, 0.2) is 0 Å². The number of likely N-dealkylation sites (tertiary alicyclic amines) is 1. The molecule has 214 valence electrons. The Hall–Kier alpha value is -3.68. The van der Waals surface area contributed by atoms with E-state index in [4.69, 9.17) is 14.7 Å². The normalized spacial score (nSPS) is 20.3. The number of rotatable bonds is 6. The summed E-state index contributed by atoms with van der Waals surface area (Å²) in [7, 11) is 0. The molecule has 0 atom stereocenters. The predicted molar refractivity (Wildman–Crippen MR) is 158 cm³/mol. The molecule has 2 aliphatic carbocycles. The van der Waals surface area contributed by atoms with Crippen LogP contribution in [0.25, 0.3) is 11.0 Å². The Morgan fingerprint density at radius 2 is 1.78 bits per heavy atom. The number of fused-ring (bicyclic) bond motifs is 2. The Labute approximate surface area is 240 Å². The van der Waals surface area contributed by atoms with Gasteiger partial charge in [0.1, 0.15) is 17.5 Å². The molecule has 1 saturated carbocycles. The highest BCUT2D eigenvalue weighted by Gasteiger charge is 2.31. The molecule has 1 aromatic carbocycles. The molecule has 10 heteroatoms. The second kappa shape index (κ2) is 11.3. The zero-order valence-electron chi connectivity index (χ0n) is 23.5. The van der Waals surface area contributed by atoms with Crippen molar-refractivity contribution in [2.45, 2.75) is 69.9 Å². The minimum atomic E-state index is 0.159. The lowest BCUT2D eigenvalue weighted by Gasteiger charge is -2.40. The summed E-state index contributed by atoms with van der Waals surface area (Å²) in [6.45, 7) is 5.24. The van der Waals surface area contributed by atoms with Gasteiger partial charge in [-0.2, -0.15) is 15.2 Å². The fourth-order valence-electron chi connectivity index (χ4n) is 7.24. The smallest absolute Gasteiger partial charge is 0.254 e. The summed E-state index contributed by atoms with van der Waals surface area (Å²) < 4.78 is 5.52. The van der Waals surface area contributed by atoms with Crippen LogP contribution < -0.4 is 10.6 Å².